The predicted octanol–water partition coefficient (Wildman–Crippen LogP) is 3.10. The molecule has 0 saturated heterocycles. The summed E-state index contributed by atoms with van der Waals surface area (Å²) < 4.78 is 5.81. The maximum Gasteiger partial charge on any atom is 0.273 e. The molecule has 7 heteroatoms. The van der Waals surface area contributed by atoms with E-state index in [9.17, 15) is 9.59 Å². The Kier molecular flexibility index (Phi) is 8.17. The fourth-order valence-corrected chi connectivity index (χ4v) is 2.51. The zero-order valence-corrected chi connectivity index (χ0v) is 17.1. The van der Waals surface area contributed by atoms with E-state index in [0.29, 0.717) is 18.3 Å². The second-order valence-electron chi connectivity index (χ2n) is 7.35. The third-order valence-corrected chi connectivity index (χ3v) is 4.42. The lowest BCUT2D eigenvalue weighted by atomic mass is 10.1. The third-order valence-electron chi connectivity index (χ3n) is 4.42. The lowest BCUT2D eigenvalue weighted by molar-refractivity contribution is -0.121. The van der Waals surface area contributed by atoms with Gasteiger partial charge in [0.1, 0.15) is 11.4 Å². The van der Waals surface area contributed by atoms with Gasteiger partial charge in [0.2, 0.25) is 5.91 Å². The van der Waals surface area contributed by atoms with Gasteiger partial charge in [0.05, 0.1) is 6.10 Å². The quantitative estimate of drug-likeness (QED) is 0.654. The minimum atomic E-state index is -0.326. The van der Waals surface area contributed by atoms with Crippen molar-refractivity contribution in [2.75, 3.05) is 6.54 Å². The molecule has 7 nitrogen and oxygen atoms in total. The number of rotatable bonds is 10. The minimum Gasteiger partial charge on any atom is -0.491 e. The summed E-state index contributed by atoms with van der Waals surface area (Å²) in [5.41, 5.74) is 0.659. The number of hydrogen-bond acceptors (Lipinski definition) is 5. The molecule has 1 atom stereocenters. The fourth-order valence-electron chi connectivity index (χ4n) is 2.51. The molecule has 0 spiro atoms. The van der Waals surface area contributed by atoms with Gasteiger partial charge in [-0.05, 0) is 37.8 Å². The molecule has 0 unspecified atom stereocenters. The van der Waals surface area contributed by atoms with Crippen molar-refractivity contribution in [3.05, 3.63) is 40.3 Å². The standard InChI is InChI=1S/C21H30N4O3/c1-5-15(4)28-17-8-6-7-16(13-17)20-23-21(27)18(24-25-20)9-10-19(26)22-12-11-14(2)3/h6-8,13-15H,5,9-12H2,1-4H3,(H,22,26)(H,23,25,27)/t15-/m0/s1. The van der Waals surface area contributed by atoms with Gasteiger partial charge in [0, 0.05) is 24.9 Å². The molecule has 1 heterocycles. The van der Waals surface area contributed by atoms with Gasteiger partial charge in [-0.2, -0.15) is 0 Å². The van der Waals surface area contributed by atoms with E-state index in [1.165, 1.54) is 0 Å². The molecule has 0 bridgehead atoms. The molecule has 0 aliphatic carbocycles. The van der Waals surface area contributed by atoms with E-state index in [0.717, 1.165) is 24.2 Å². The Balaban J connectivity index is 1.99. The van der Waals surface area contributed by atoms with Crippen molar-refractivity contribution in [1.29, 1.82) is 0 Å². The van der Waals surface area contributed by atoms with Crippen LogP contribution in [0.15, 0.2) is 29.1 Å². The number of nitrogens with one attached hydrogen (secondary N) is 2. The Morgan fingerprint density at radius 1 is 1.25 bits per heavy atom. The van der Waals surface area contributed by atoms with Gasteiger partial charge in [-0.3, -0.25) is 9.59 Å². The largest absolute Gasteiger partial charge is 0.491 e. The second kappa shape index (κ2) is 10.6. The number of benzene rings is 1. The van der Waals surface area contributed by atoms with E-state index in [-0.39, 0.29) is 36.1 Å². The highest BCUT2D eigenvalue weighted by Crippen LogP contribution is 2.21. The first-order chi connectivity index (χ1) is 13.4. The van der Waals surface area contributed by atoms with Crippen LogP contribution in [0.3, 0.4) is 0 Å². The lowest BCUT2D eigenvalue weighted by Crippen LogP contribution is -2.27. The summed E-state index contributed by atoms with van der Waals surface area (Å²) in [5, 5.41) is 11.0. The zero-order valence-electron chi connectivity index (χ0n) is 17.1. The summed E-state index contributed by atoms with van der Waals surface area (Å²) in [6, 6.07) is 7.38. The van der Waals surface area contributed by atoms with Crippen molar-refractivity contribution >= 4 is 5.91 Å². The molecule has 0 saturated carbocycles. The Hall–Kier alpha value is -2.70. The molecule has 0 aliphatic heterocycles. The monoisotopic (exact) mass is 386 g/mol. The number of amides is 1. The molecule has 152 valence electrons. The number of aromatic nitrogens is 3. The summed E-state index contributed by atoms with van der Waals surface area (Å²) in [6.07, 6.45) is 2.41. The zero-order chi connectivity index (χ0) is 20.5. The average molecular weight is 386 g/mol. The van der Waals surface area contributed by atoms with Crippen LogP contribution in [0.25, 0.3) is 11.4 Å². The number of nitrogens with zero attached hydrogens (tertiary/aromatic N) is 2. The van der Waals surface area contributed by atoms with E-state index in [4.69, 9.17) is 4.74 Å². The molecule has 2 N–H and O–H groups in total. The van der Waals surface area contributed by atoms with Gasteiger partial charge in [-0.1, -0.05) is 32.9 Å². The van der Waals surface area contributed by atoms with Gasteiger partial charge in [0.15, 0.2) is 5.82 Å². The van der Waals surface area contributed by atoms with Crippen LogP contribution in [0, 0.1) is 5.92 Å². The molecule has 1 amide bonds. The first-order valence-electron chi connectivity index (χ1n) is 9.88. The average Bonchev–Trinajstić information content (AvgIpc) is 2.66. The number of hydrogen-bond donors (Lipinski definition) is 2. The van der Waals surface area contributed by atoms with Gasteiger partial charge in [0.25, 0.3) is 5.56 Å². The Labute approximate surface area is 165 Å². The molecule has 1 aromatic carbocycles. The summed E-state index contributed by atoms with van der Waals surface area (Å²) in [5.74, 6) is 1.55. The number of carbonyl (C=O) groups excluding carboxylic acids is 1. The highest BCUT2D eigenvalue weighted by atomic mass is 16.5. The van der Waals surface area contributed by atoms with E-state index in [2.05, 4.69) is 41.3 Å². The van der Waals surface area contributed by atoms with Crippen LogP contribution in [0.5, 0.6) is 5.75 Å². The van der Waals surface area contributed by atoms with Gasteiger partial charge in [-0.15, -0.1) is 10.2 Å². The summed E-state index contributed by atoms with van der Waals surface area (Å²) in [7, 11) is 0. The second-order valence-corrected chi connectivity index (χ2v) is 7.35. The van der Waals surface area contributed by atoms with Gasteiger partial charge < -0.3 is 15.0 Å². The number of aryl methyl sites for hydroxylation is 1. The van der Waals surface area contributed by atoms with Gasteiger partial charge >= 0.3 is 0 Å². The van der Waals surface area contributed by atoms with Crippen LogP contribution < -0.4 is 15.6 Å². The van der Waals surface area contributed by atoms with Crippen LogP contribution in [-0.4, -0.2) is 33.7 Å². The Morgan fingerprint density at radius 2 is 2.04 bits per heavy atom. The third kappa shape index (κ3) is 6.79. The van der Waals surface area contributed by atoms with Crippen molar-refractivity contribution < 1.29 is 9.53 Å². The van der Waals surface area contributed by atoms with Crippen molar-refractivity contribution in [2.24, 2.45) is 5.92 Å². The molecule has 2 aromatic rings. The van der Waals surface area contributed by atoms with E-state index in [1.807, 2.05) is 31.2 Å². The van der Waals surface area contributed by atoms with Crippen LogP contribution in [0.2, 0.25) is 0 Å². The van der Waals surface area contributed by atoms with E-state index < -0.39 is 0 Å². The van der Waals surface area contributed by atoms with Crippen molar-refractivity contribution in [1.82, 2.24) is 20.5 Å². The maximum absolute atomic E-state index is 12.3. The number of aromatic amines is 1. The normalized spacial score (nSPS) is 12.0. The van der Waals surface area contributed by atoms with Crippen molar-refractivity contribution in [3.63, 3.8) is 0 Å². The predicted molar refractivity (Wildman–Crippen MR) is 109 cm³/mol. The van der Waals surface area contributed by atoms with Crippen LogP contribution in [0.4, 0.5) is 0 Å². The summed E-state index contributed by atoms with van der Waals surface area (Å²) >= 11 is 0. The summed E-state index contributed by atoms with van der Waals surface area (Å²) in [6.45, 7) is 8.92. The SMILES string of the molecule is CC[C@H](C)Oc1cccc(-c2nnc(CCC(=O)NCCC(C)C)c(=O)[nH]2)c1. The van der Waals surface area contributed by atoms with E-state index in [1.54, 1.807) is 0 Å². The number of ether oxygens (including phenoxy) is 1. The van der Waals surface area contributed by atoms with Gasteiger partial charge in [-0.25, -0.2) is 0 Å². The molecule has 1 aromatic heterocycles. The topological polar surface area (TPSA) is 97.0 Å². The number of carbonyl (C=O) groups is 1. The fraction of sp³-hybridized carbons (Fsp3) is 0.524. The smallest absolute Gasteiger partial charge is 0.273 e. The molecular formula is C21H30N4O3. The first kappa shape index (κ1) is 21.6. The highest BCUT2D eigenvalue weighted by molar-refractivity contribution is 5.76. The molecular weight excluding hydrogens is 356 g/mol. The molecule has 2 rings (SSSR count). The maximum atomic E-state index is 12.3. The molecule has 0 radical (unpaired) electrons. The minimum absolute atomic E-state index is 0.0826. The number of H-pyrrole nitrogens is 1. The molecule has 0 aliphatic rings. The van der Waals surface area contributed by atoms with Crippen molar-refractivity contribution in [2.45, 2.75) is 59.5 Å². The lowest BCUT2D eigenvalue weighted by Gasteiger charge is -2.13. The van der Waals surface area contributed by atoms with Crippen molar-refractivity contribution in [3.8, 4) is 17.1 Å². The van der Waals surface area contributed by atoms with Crippen LogP contribution in [-0.2, 0) is 11.2 Å². The molecule has 0 fully saturated rings. The summed E-state index contributed by atoms with van der Waals surface area (Å²) in [4.78, 5) is 26.9. The van der Waals surface area contributed by atoms with Crippen LogP contribution >= 0.6 is 0 Å². The highest BCUT2D eigenvalue weighted by Gasteiger charge is 2.10. The van der Waals surface area contributed by atoms with Crippen LogP contribution in [0.1, 0.15) is 52.7 Å². The Bertz CT molecular complexity index is 832. The van der Waals surface area contributed by atoms with E-state index >= 15 is 0 Å². The molecule has 28 heavy (non-hydrogen) atoms. The Morgan fingerprint density at radius 3 is 2.71 bits per heavy atom. The first-order valence-corrected chi connectivity index (χ1v) is 9.88.